The molecule has 3 rings (SSSR count). The van der Waals surface area contributed by atoms with Crippen LogP contribution in [0.15, 0.2) is 0 Å². The molecule has 24 nitrogen and oxygen atoms in total. The standard InChI is InChI=1S/C79H149O24P/c1-5-8-11-14-17-19-21-23-25-27-29-31-32-34-36-42-47-52-63(81)95-56-60(98-65(83)54-49-44-39-38-41-46-51-59(4)50-45-40-16-13-10-7-3)57-97-104(93,94)103-77-75(101-78-73(91)68(86)66(84)61(55-80)99-78)71(89)70(88)72(90)76(77)102-79-74(92)69(87)67(85)62(100-79)58-96-64(82)53-48-43-37-35-33-30-28-26-24-22-20-18-15-12-9-6-2/h59-62,66-80,84-92H,5-58H2,1-4H3,(H,93,94). The van der Waals surface area contributed by atoms with Crippen molar-refractivity contribution < 1.29 is 117 Å². The number of phosphoric acid groups is 1. The second kappa shape index (κ2) is 59.7. The highest BCUT2D eigenvalue weighted by Crippen LogP contribution is 2.49. The lowest BCUT2D eigenvalue weighted by Gasteiger charge is -2.49. The summed E-state index contributed by atoms with van der Waals surface area (Å²) in [5.74, 6) is -1.29. The van der Waals surface area contributed by atoms with Crippen molar-refractivity contribution in [2.24, 2.45) is 5.92 Å². The van der Waals surface area contributed by atoms with Crippen LogP contribution in [-0.2, 0) is 61.2 Å². The van der Waals surface area contributed by atoms with Crippen LogP contribution < -0.4 is 0 Å². The summed E-state index contributed by atoms with van der Waals surface area (Å²) < 4.78 is 65.3. The Hall–Kier alpha value is -2.04. The van der Waals surface area contributed by atoms with Gasteiger partial charge in [0.25, 0.3) is 0 Å². The fourth-order valence-corrected chi connectivity index (χ4v) is 15.1. The Balaban J connectivity index is 1.70. The average Bonchev–Trinajstić information content (AvgIpc) is 0.762. The fourth-order valence-electron chi connectivity index (χ4n) is 14.2. The molecule has 614 valence electrons. The molecule has 11 N–H and O–H groups in total. The number of aliphatic hydroxyl groups excluding tert-OH is 10. The second-order valence-corrected chi connectivity index (χ2v) is 31.9. The van der Waals surface area contributed by atoms with Crippen LogP contribution in [0.5, 0.6) is 0 Å². The van der Waals surface area contributed by atoms with E-state index in [9.17, 15) is 74.9 Å². The first-order chi connectivity index (χ1) is 50.2. The number of esters is 3. The van der Waals surface area contributed by atoms with Gasteiger partial charge in [0.2, 0.25) is 0 Å². The van der Waals surface area contributed by atoms with E-state index in [0.29, 0.717) is 25.2 Å². The minimum Gasteiger partial charge on any atom is -0.463 e. The summed E-state index contributed by atoms with van der Waals surface area (Å²) in [6.45, 7) is 5.84. The van der Waals surface area contributed by atoms with Crippen LogP contribution in [0.4, 0.5) is 0 Å². The molecule has 1 saturated carbocycles. The summed E-state index contributed by atoms with van der Waals surface area (Å²) in [6, 6.07) is 0. The van der Waals surface area contributed by atoms with Crippen LogP contribution in [0, 0.1) is 5.92 Å². The van der Waals surface area contributed by atoms with Crippen molar-refractivity contribution in [3.05, 3.63) is 0 Å². The molecule has 2 aliphatic heterocycles. The van der Waals surface area contributed by atoms with E-state index in [4.69, 9.17) is 42.2 Å². The number of hydrogen-bond acceptors (Lipinski definition) is 23. The van der Waals surface area contributed by atoms with Gasteiger partial charge in [0.15, 0.2) is 18.7 Å². The largest absolute Gasteiger partial charge is 0.472 e. The van der Waals surface area contributed by atoms with Gasteiger partial charge in [-0.1, -0.05) is 310 Å². The average molecular weight is 1510 g/mol. The van der Waals surface area contributed by atoms with E-state index in [1.165, 1.54) is 193 Å². The smallest absolute Gasteiger partial charge is 0.463 e. The van der Waals surface area contributed by atoms with Gasteiger partial charge in [0.05, 0.1) is 13.2 Å². The van der Waals surface area contributed by atoms with E-state index in [2.05, 4.69) is 27.7 Å². The molecule has 3 aliphatic rings. The Bertz CT molecular complexity index is 2150. The molecule has 2 heterocycles. The number of unbranched alkanes of at least 4 members (excludes halogenated alkanes) is 41. The molecule has 0 aromatic heterocycles. The molecule has 0 aromatic carbocycles. The van der Waals surface area contributed by atoms with Gasteiger partial charge in [-0.05, 0) is 25.2 Å². The maximum absolute atomic E-state index is 14.4. The predicted octanol–water partition coefficient (Wildman–Crippen LogP) is 13.2. The van der Waals surface area contributed by atoms with E-state index < -0.39 is 156 Å². The molecular formula is C79H149O24P. The van der Waals surface area contributed by atoms with Gasteiger partial charge in [-0.3, -0.25) is 23.4 Å². The molecule has 104 heavy (non-hydrogen) atoms. The van der Waals surface area contributed by atoms with Gasteiger partial charge in [-0.15, -0.1) is 0 Å². The number of carbonyl (C=O) groups excluding carboxylic acids is 3. The first kappa shape index (κ1) is 96.2. The van der Waals surface area contributed by atoms with Crippen molar-refractivity contribution in [2.45, 2.75) is 453 Å². The van der Waals surface area contributed by atoms with Gasteiger partial charge in [0.1, 0.15) is 98.7 Å². The van der Waals surface area contributed by atoms with E-state index in [-0.39, 0.29) is 19.3 Å². The molecule has 1 aliphatic carbocycles. The molecule has 25 heteroatoms. The van der Waals surface area contributed by atoms with Gasteiger partial charge in [0, 0.05) is 19.3 Å². The molecule has 19 unspecified atom stereocenters. The molecule has 0 bridgehead atoms. The van der Waals surface area contributed by atoms with E-state index >= 15 is 0 Å². The number of rotatable bonds is 66. The Morgan fingerprint density at radius 1 is 0.365 bits per heavy atom. The minimum atomic E-state index is -5.70. The van der Waals surface area contributed by atoms with Crippen molar-refractivity contribution in [1.82, 2.24) is 0 Å². The topological polar surface area (TPSA) is 374 Å². The first-order valence-corrected chi connectivity index (χ1v) is 43.2. The normalized spacial score (nSPS) is 27.0. The number of aliphatic hydroxyl groups is 10. The van der Waals surface area contributed by atoms with E-state index in [1.54, 1.807) is 0 Å². The van der Waals surface area contributed by atoms with Gasteiger partial charge in [-0.2, -0.15) is 0 Å². The molecule has 0 spiro atoms. The molecular weight excluding hydrogens is 1360 g/mol. The SMILES string of the molecule is CCCCCCCCCCCCCCCCCCCC(=O)OCC(COP(=O)(O)OC1C(OC2OC(CO)C(O)C(O)C2O)C(O)C(O)C(O)C1OC1OC(COC(=O)CCCCCCCCCCCCCCCCCC)C(O)C(O)C1O)OC(=O)CCCCCCCCC(C)CCCCCCCC. The zero-order chi connectivity index (χ0) is 76.2. The van der Waals surface area contributed by atoms with Crippen LogP contribution in [0.3, 0.4) is 0 Å². The summed E-state index contributed by atoms with van der Waals surface area (Å²) >= 11 is 0. The Morgan fingerprint density at radius 2 is 0.673 bits per heavy atom. The summed E-state index contributed by atoms with van der Waals surface area (Å²) in [6.07, 6.45) is 18.5. The van der Waals surface area contributed by atoms with Crippen LogP contribution in [-0.4, -0.2) is 204 Å². The molecule has 19 atom stereocenters. The molecule has 0 aromatic rings. The van der Waals surface area contributed by atoms with Crippen molar-refractivity contribution in [1.29, 1.82) is 0 Å². The van der Waals surface area contributed by atoms with Crippen molar-refractivity contribution in [3.63, 3.8) is 0 Å². The highest BCUT2D eigenvalue weighted by molar-refractivity contribution is 7.47. The predicted molar refractivity (Wildman–Crippen MR) is 398 cm³/mol. The molecule has 0 amide bonds. The van der Waals surface area contributed by atoms with Crippen LogP contribution in [0.2, 0.25) is 0 Å². The second-order valence-electron chi connectivity index (χ2n) is 30.5. The zero-order valence-corrected chi connectivity index (χ0v) is 65.6. The van der Waals surface area contributed by atoms with Crippen molar-refractivity contribution in [3.8, 4) is 0 Å². The summed E-state index contributed by atoms with van der Waals surface area (Å²) in [5, 5.41) is 110. The highest BCUT2D eigenvalue weighted by Gasteiger charge is 2.58. The van der Waals surface area contributed by atoms with Crippen LogP contribution in [0.1, 0.15) is 349 Å². The zero-order valence-electron chi connectivity index (χ0n) is 64.7. The molecule has 3 fully saturated rings. The number of carbonyl (C=O) groups is 3. The van der Waals surface area contributed by atoms with Crippen LogP contribution in [0.25, 0.3) is 0 Å². The van der Waals surface area contributed by atoms with Crippen LogP contribution >= 0.6 is 7.82 Å². The third-order valence-electron chi connectivity index (χ3n) is 21.0. The van der Waals surface area contributed by atoms with Gasteiger partial charge < -0.3 is 89.1 Å². The number of hydrogen-bond donors (Lipinski definition) is 11. The minimum absolute atomic E-state index is 0.0338. The monoisotopic (exact) mass is 1510 g/mol. The number of ether oxygens (including phenoxy) is 7. The van der Waals surface area contributed by atoms with Gasteiger partial charge >= 0.3 is 25.7 Å². The maximum Gasteiger partial charge on any atom is 0.472 e. The van der Waals surface area contributed by atoms with Gasteiger partial charge in [-0.25, -0.2) is 4.57 Å². The maximum atomic E-state index is 14.4. The fraction of sp³-hybridized carbons (Fsp3) is 0.962. The van der Waals surface area contributed by atoms with Crippen molar-refractivity contribution in [2.75, 3.05) is 26.4 Å². The van der Waals surface area contributed by atoms with Crippen molar-refractivity contribution >= 4 is 25.7 Å². The summed E-state index contributed by atoms with van der Waals surface area (Å²) in [4.78, 5) is 51.3. The lowest BCUT2D eigenvalue weighted by atomic mass is 9.84. The lowest BCUT2D eigenvalue weighted by Crippen LogP contribution is -2.69. The third-order valence-corrected chi connectivity index (χ3v) is 22.0. The lowest BCUT2D eigenvalue weighted by molar-refractivity contribution is -0.360. The Labute approximate surface area is 625 Å². The Kier molecular flexibility index (Phi) is 55.2. The molecule has 0 radical (unpaired) electrons. The first-order valence-electron chi connectivity index (χ1n) is 41.7. The summed E-state index contributed by atoms with van der Waals surface area (Å²) in [7, 11) is -5.70. The Morgan fingerprint density at radius 3 is 1.04 bits per heavy atom. The number of phosphoric ester groups is 1. The van der Waals surface area contributed by atoms with E-state index in [0.717, 1.165) is 89.9 Å². The van der Waals surface area contributed by atoms with E-state index in [1.807, 2.05) is 0 Å². The quantitative estimate of drug-likeness (QED) is 0.0117. The summed E-state index contributed by atoms with van der Waals surface area (Å²) in [5.41, 5.74) is 0. The third kappa shape index (κ3) is 41.8. The highest BCUT2D eigenvalue weighted by atomic mass is 31.2. The molecule has 2 saturated heterocycles.